The van der Waals surface area contributed by atoms with Crippen LogP contribution in [0.2, 0.25) is 0 Å². The Labute approximate surface area is 88.5 Å². The number of amides is 1. The van der Waals surface area contributed by atoms with E-state index in [0.29, 0.717) is 12.5 Å². The van der Waals surface area contributed by atoms with E-state index in [0.717, 1.165) is 12.8 Å². The molecule has 1 fully saturated rings. The van der Waals surface area contributed by atoms with Crippen molar-refractivity contribution in [1.29, 1.82) is 0 Å². The minimum atomic E-state index is 0.253. The van der Waals surface area contributed by atoms with E-state index >= 15 is 0 Å². The summed E-state index contributed by atoms with van der Waals surface area (Å²) < 4.78 is 0. The molecule has 1 aliphatic carbocycles. The van der Waals surface area contributed by atoms with Crippen molar-refractivity contribution in [2.75, 3.05) is 0 Å². The number of hydrogen-bond acceptors (Lipinski definition) is 1. The van der Waals surface area contributed by atoms with Crippen molar-refractivity contribution in [3.63, 3.8) is 0 Å². The van der Waals surface area contributed by atoms with Crippen LogP contribution in [0.3, 0.4) is 0 Å². The van der Waals surface area contributed by atoms with Crippen molar-refractivity contribution < 1.29 is 4.79 Å². The molecule has 0 saturated heterocycles. The summed E-state index contributed by atoms with van der Waals surface area (Å²) in [6, 6.07) is 0.495. The summed E-state index contributed by atoms with van der Waals surface area (Å²) in [7, 11) is 0. The molecule has 0 aliphatic heterocycles. The van der Waals surface area contributed by atoms with Gasteiger partial charge in [0.05, 0.1) is 0 Å². The zero-order valence-electron chi connectivity index (χ0n) is 9.94. The Morgan fingerprint density at radius 1 is 1.29 bits per heavy atom. The molecule has 0 radical (unpaired) electrons. The quantitative estimate of drug-likeness (QED) is 0.739. The fraction of sp³-hybridized carbons (Fsp3) is 0.917. The van der Waals surface area contributed by atoms with Crippen LogP contribution in [-0.4, -0.2) is 11.9 Å². The van der Waals surface area contributed by atoms with Crippen LogP contribution in [-0.2, 0) is 4.79 Å². The zero-order chi connectivity index (χ0) is 10.8. The average Bonchev–Trinajstić information content (AvgIpc) is 2.70. The number of hydrogen-bond donors (Lipinski definition) is 1. The molecular formula is C12H25NO. The molecule has 1 N–H and O–H groups in total. The molecule has 0 spiro atoms. The second kappa shape index (κ2) is 9.04. The first kappa shape index (κ1) is 13.5. The summed E-state index contributed by atoms with van der Waals surface area (Å²) in [6.07, 6.45) is 7.82. The molecule has 0 aromatic heterocycles. The van der Waals surface area contributed by atoms with E-state index < -0.39 is 0 Å². The third-order valence-electron chi connectivity index (χ3n) is 2.48. The van der Waals surface area contributed by atoms with E-state index in [-0.39, 0.29) is 5.91 Å². The first-order valence-electron chi connectivity index (χ1n) is 6.12. The van der Waals surface area contributed by atoms with Gasteiger partial charge in [-0.1, -0.05) is 40.0 Å². The molecule has 1 saturated carbocycles. The highest BCUT2D eigenvalue weighted by Gasteiger charge is 2.16. The van der Waals surface area contributed by atoms with Crippen LogP contribution in [0.1, 0.15) is 65.7 Å². The minimum absolute atomic E-state index is 0.253. The van der Waals surface area contributed by atoms with Gasteiger partial charge in [-0.2, -0.15) is 0 Å². The number of nitrogens with one attached hydrogen (secondary N) is 1. The molecule has 0 aromatic rings. The Bertz CT molecular complexity index is 139. The number of unbranched alkanes of at least 4 members (excludes halogenated alkanes) is 1. The van der Waals surface area contributed by atoms with Gasteiger partial charge < -0.3 is 5.32 Å². The van der Waals surface area contributed by atoms with Gasteiger partial charge in [0.2, 0.25) is 5.91 Å². The normalized spacial score (nSPS) is 15.9. The highest BCUT2D eigenvalue weighted by Crippen LogP contribution is 2.17. The van der Waals surface area contributed by atoms with Crippen LogP contribution in [0.25, 0.3) is 0 Å². The Balaban J connectivity index is 0.000000791. The molecule has 84 valence electrons. The Hall–Kier alpha value is -0.530. The lowest BCUT2D eigenvalue weighted by Crippen LogP contribution is -2.32. The second-order valence-corrected chi connectivity index (χ2v) is 3.65. The van der Waals surface area contributed by atoms with Gasteiger partial charge >= 0.3 is 0 Å². The summed E-state index contributed by atoms with van der Waals surface area (Å²) in [4.78, 5) is 11.2. The smallest absolute Gasteiger partial charge is 0.220 e. The van der Waals surface area contributed by atoms with Gasteiger partial charge in [0.25, 0.3) is 0 Å². The van der Waals surface area contributed by atoms with Gasteiger partial charge in [-0.05, 0) is 19.3 Å². The summed E-state index contributed by atoms with van der Waals surface area (Å²) >= 11 is 0. The average molecular weight is 199 g/mol. The highest BCUT2D eigenvalue weighted by molar-refractivity contribution is 5.76. The zero-order valence-corrected chi connectivity index (χ0v) is 9.94. The monoisotopic (exact) mass is 199 g/mol. The van der Waals surface area contributed by atoms with Crippen molar-refractivity contribution in [2.45, 2.75) is 71.8 Å². The molecule has 1 rings (SSSR count). The van der Waals surface area contributed by atoms with Gasteiger partial charge in [0.15, 0.2) is 0 Å². The van der Waals surface area contributed by atoms with E-state index in [1.54, 1.807) is 0 Å². The maximum absolute atomic E-state index is 11.2. The molecule has 2 heteroatoms. The lowest BCUT2D eigenvalue weighted by molar-refractivity contribution is -0.121. The first-order valence-corrected chi connectivity index (χ1v) is 6.12. The van der Waals surface area contributed by atoms with Crippen molar-refractivity contribution >= 4 is 5.91 Å². The van der Waals surface area contributed by atoms with Crippen LogP contribution < -0.4 is 5.32 Å². The third kappa shape index (κ3) is 6.01. The van der Waals surface area contributed by atoms with Gasteiger partial charge in [-0.3, -0.25) is 4.79 Å². The molecule has 0 heterocycles. The van der Waals surface area contributed by atoms with Gasteiger partial charge in [-0.25, -0.2) is 0 Å². The number of carbonyl (C=O) groups is 1. The molecule has 14 heavy (non-hydrogen) atoms. The lowest BCUT2D eigenvalue weighted by Gasteiger charge is -2.10. The molecule has 2 nitrogen and oxygen atoms in total. The predicted molar refractivity (Wildman–Crippen MR) is 61.3 cm³/mol. The maximum Gasteiger partial charge on any atom is 0.220 e. The van der Waals surface area contributed by atoms with E-state index in [1.165, 1.54) is 25.7 Å². The van der Waals surface area contributed by atoms with Crippen LogP contribution in [0.4, 0.5) is 0 Å². The van der Waals surface area contributed by atoms with Gasteiger partial charge in [0, 0.05) is 12.5 Å². The van der Waals surface area contributed by atoms with Crippen molar-refractivity contribution in [2.24, 2.45) is 0 Å². The standard InChI is InChI=1S/C10H19NO.C2H6/c1-2-3-8-10(12)11-9-6-4-5-7-9;1-2/h9H,2-8H2,1H3,(H,11,12);1-2H3. The van der Waals surface area contributed by atoms with Crippen LogP contribution in [0, 0.1) is 0 Å². The Morgan fingerprint density at radius 2 is 1.86 bits per heavy atom. The largest absolute Gasteiger partial charge is 0.353 e. The highest BCUT2D eigenvalue weighted by atomic mass is 16.1. The van der Waals surface area contributed by atoms with Crippen LogP contribution in [0.5, 0.6) is 0 Å². The Kier molecular flexibility index (Phi) is 8.70. The fourth-order valence-electron chi connectivity index (χ4n) is 1.71. The number of rotatable bonds is 4. The van der Waals surface area contributed by atoms with E-state index in [9.17, 15) is 4.79 Å². The molecule has 0 unspecified atom stereocenters. The van der Waals surface area contributed by atoms with Gasteiger partial charge in [-0.15, -0.1) is 0 Å². The van der Waals surface area contributed by atoms with Crippen LogP contribution in [0.15, 0.2) is 0 Å². The summed E-state index contributed by atoms with van der Waals surface area (Å²) in [6.45, 7) is 6.11. The lowest BCUT2D eigenvalue weighted by atomic mass is 10.2. The molecule has 1 amide bonds. The fourth-order valence-corrected chi connectivity index (χ4v) is 1.71. The topological polar surface area (TPSA) is 29.1 Å². The summed E-state index contributed by atoms with van der Waals surface area (Å²) in [5.74, 6) is 0.253. The minimum Gasteiger partial charge on any atom is -0.353 e. The maximum atomic E-state index is 11.2. The molecule has 1 aliphatic rings. The second-order valence-electron chi connectivity index (χ2n) is 3.65. The van der Waals surface area contributed by atoms with Crippen molar-refractivity contribution in [1.82, 2.24) is 5.32 Å². The molecule has 0 bridgehead atoms. The van der Waals surface area contributed by atoms with Crippen LogP contribution >= 0.6 is 0 Å². The SMILES string of the molecule is CC.CCCCC(=O)NC1CCCC1. The predicted octanol–water partition coefficient (Wildman–Crippen LogP) is 3.26. The summed E-state index contributed by atoms with van der Waals surface area (Å²) in [5, 5.41) is 3.07. The van der Waals surface area contributed by atoms with Gasteiger partial charge in [0.1, 0.15) is 0 Å². The molecule has 0 atom stereocenters. The first-order chi connectivity index (χ1) is 6.83. The summed E-state index contributed by atoms with van der Waals surface area (Å²) in [5.41, 5.74) is 0. The molecular weight excluding hydrogens is 174 g/mol. The third-order valence-corrected chi connectivity index (χ3v) is 2.48. The van der Waals surface area contributed by atoms with E-state index in [4.69, 9.17) is 0 Å². The van der Waals surface area contributed by atoms with Crippen molar-refractivity contribution in [3.8, 4) is 0 Å². The number of carbonyl (C=O) groups excluding carboxylic acids is 1. The van der Waals surface area contributed by atoms with E-state index in [2.05, 4.69) is 12.2 Å². The van der Waals surface area contributed by atoms with Crippen molar-refractivity contribution in [3.05, 3.63) is 0 Å². The Morgan fingerprint density at radius 3 is 2.36 bits per heavy atom. The molecule has 0 aromatic carbocycles. The van der Waals surface area contributed by atoms with E-state index in [1.807, 2.05) is 13.8 Å².